The molecule has 3 aromatic heterocycles. The van der Waals surface area contributed by atoms with E-state index in [1.54, 1.807) is 24.7 Å². The first-order valence-corrected chi connectivity index (χ1v) is 10.1. The Morgan fingerprint density at radius 3 is 2.70 bits per heavy atom. The fourth-order valence-electron chi connectivity index (χ4n) is 3.37. The van der Waals surface area contributed by atoms with E-state index in [0.717, 1.165) is 16.7 Å². The number of fused-ring (bicyclic) bond motifs is 1. The summed E-state index contributed by atoms with van der Waals surface area (Å²) in [5, 5.41) is 2.47. The molecule has 0 fully saturated rings. The summed E-state index contributed by atoms with van der Waals surface area (Å²) in [6, 6.07) is 9.04. The SMILES string of the molecule is COC(=O)c1ccc(Cn2c(C)nc3scc(-c4cc(C)ccc4OC)c3c2=O)o1. The molecule has 0 saturated carbocycles. The molecule has 0 saturated heterocycles. The molecule has 4 aromatic rings. The van der Waals surface area contributed by atoms with Crippen LogP contribution in [-0.4, -0.2) is 29.7 Å². The third-order valence-corrected chi connectivity index (χ3v) is 5.76. The van der Waals surface area contributed by atoms with Gasteiger partial charge in [0.1, 0.15) is 22.2 Å². The van der Waals surface area contributed by atoms with E-state index < -0.39 is 5.97 Å². The molecule has 0 aliphatic rings. The average Bonchev–Trinajstić information content (AvgIpc) is 3.37. The number of nitrogens with zero attached hydrogens (tertiary/aromatic N) is 2. The Hall–Kier alpha value is -3.39. The van der Waals surface area contributed by atoms with Gasteiger partial charge in [0.05, 0.1) is 26.2 Å². The Bertz CT molecular complexity index is 1320. The monoisotopic (exact) mass is 424 g/mol. The van der Waals surface area contributed by atoms with Gasteiger partial charge in [-0.15, -0.1) is 11.3 Å². The number of furan rings is 1. The number of aromatic nitrogens is 2. The van der Waals surface area contributed by atoms with Crippen molar-refractivity contribution in [2.75, 3.05) is 14.2 Å². The molecule has 0 bridgehead atoms. The maximum Gasteiger partial charge on any atom is 0.373 e. The predicted molar refractivity (Wildman–Crippen MR) is 114 cm³/mol. The van der Waals surface area contributed by atoms with Crippen molar-refractivity contribution in [1.29, 1.82) is 0 Å². The van der Waals surface area contributed by atoms with Crippen molar-refractivity contribution in [1.82, 2.24) is 9.55 Å². The lowest BCUT2D eigenvalue weighted by atomic mass is 10.0. The smallest absolute Gasteiger partial charge is 0.373 e. The van der Waals surface area contributed by atoms with Crippen molar-refractivity contribution < 1.29 is 18.7 Å². The molecule has 30 heavy (non-hydrogen) atoms. The normalized spacial score (nSPS) is 11.1. The number of thiophene rings is 1. The van der Waals surface area contributed by atoms with Crippen LogP contribution in [0.15, 0.2) is 44.9 Å². The van der Waals surface area contributed by atoms with E-state index in [2.05, 4.69) is 9.72 Å². The first-order chi connectivity index (χ1) is 14.4. The van der Waals surface area contributed by atoms with Gasteiger partial charge in [-0.1, -0.05) is 11.6 Å². The number of hydrogen-bond acceptors (Lipinski definition) is 7. The van der Waals surface area contributed by atoms with Crippen LogP contribution in [0.25, 0.3) is 21.3 Å². The van der Waals surface area contributed by atoms with Gasteiger partial charge in [0.2, 0.25) is 5.76 Å². The standard InChI is InChI=1S/C22H20N2O5S/c1-12-5-7-17(27-3)15(9-12)16-11-30-20-19(16)21(25)24(13(2)23-20)10-14-6-8-18(29-14)22(26)28-4/h5-9,11H,10H2,1-4H3. The molecule has 154 valence electrons. The maximum atomic E-state index is 13.4. The zero-order valence-electron chi connectivity index (χ0n) is 17.0. The van der Waals surface area contributed by atoms with Crippen molar-refractivity contribution in [2.45, 2.75) is 20.4 Å². The van der Waals surface area contributed by atoms with Gasteiger partial charge >= 0.3 is 5.97 Å². The van der Waals surface area contributed by atoms with E-state index in [-0.39, 0.29) is 17.9 Å². The van der Waals surface area contributed by atoms with Crippen LogP contribution in [-0.2, 0) is 11.3 Å². The van der Waals surface area contributed by atoms with Gasteiger partial charge < -0.3 is 13.9 Å². The van der Waals surface area contributed by atoms with Crippen LogP contribution < -0.4 is 10.3 Å². The molecule has 0 aliphatic carbocycles. The minimum atomic E-state index is -0.564. The van der Waals surface area contributed by atoms with Crippen LogP contribution in [0.2, 0.25) is 0 Å². The zero-order chi connectivity index (χ0) is 21.4. The summed E-state index contributed by atoms with van der Waals surface area (Å²) in [5.41, 5.74) is 2.53. The molecule has 0 spiro atoms. The quantitative estimate of drug-likeness (QED) is 0.447. The van der Waals surface area contributed by atoms with Crippen LogP contribution in [0.4, 0.5) is 0 Å². The van der Waals surface area contributed by atoms with Crippen molar-refractivity contribution in [3.63, 3.8) is 0 Å². The average molecular weight is 424 g/mol. The Balaban J connectivity index is 1.85. The van der Waals surface area contributed by atoms with E-state index in [0.29, 0.717) is 27.6 Å². The summed E-state index contributed by atoms with van der Waals surface area (Å²) < 4.78 is 17.3. The lowest BCUT2D eigenvalue weighted by Crippen LogP contribution is -2.24. The number of esters is 1. The summed E-state index contributed by atoms with van der Waals surface area (Å²) in [6.07, 6.45) is 0. The van der Waals surface area contributed by atoms with Gasteiger partial charge in [-0.25, -0.2) is 9.78 Å². The number of ether oxygens (including phenoxy) is 2. The molecular formula is C22H20N2O5S. The molecule has 0 radical (unpaired) electrons. The zero-order valence-corrected chi connectivity index (χ0v) is 17.8. The van der Waals surface area contributed by atoms with Gasteiger partial charge in [-0.05, 0) is 38.1 Å². The highest BCUT2D eigenvalue weighted by Crippen LogP contribution is 2.37. The first-order valence-electron chi connectivity index (χ1n) is 9.23. The van der Waals surface area contributed by atoms with Crippen molar-refractivity contribution >= 4 is 27.5 Å². The number of aryl methyl sites for hydroxylation is 2. The molecule has 0 amide bonds. The maximum absolute atomic E-state index is 13.4. The second-order valence-corrected chi connectivity index (χ2v) is 7.70. The van der Waals surface area contributed by atoms with Gasteiger partial charge in [0, 0.05) is 16.5 Å². The van der Waals surface area contributed by atoms with Crippen LogP contribution >= 0.6 is 11.3 Å². The van der Waals surface area contributed by atoms with Gasteiger partial charge in [-0.2, -0.15) is 0 Å². The summed E-state index contributed by atoms with van der Waals surface area (Å²) in [4.78, 5) is 30.4. The molecule has 0 unspecified atom stereocenters. The van der Waals surface area contributed by atoms with Crippen LogP contribution in [0.5, 0.6) is 5.75 Å². The third-order valence-electron chi connectivity index (χ3n) is 4.89. The highest BCUT2D eigenvalue weighted by Gasteiger charge is 2.19. The van der Waals surface area contributed by atoms with E-state index in [1.807, 2.05) is 30.5 Å². The molecule has 4 rings (SSSR count). The van der Waals surface area contributed by atoms with Crippen LogP contribution in [0, 0.1) is 13.8 Å². The van der Waals surface area contributed by atoms with Crippen LogP contribution in [0.3, 0.4) is 0 Å². The fraction of sp³-hybridized carbons (Fsp3) is 0.227. The van der Waals surface area contributed by atoms with Crippen molar-refractivity contribution in [3.05, 3.63) is 69.0 Å². The summed E-state index contributed by atoms with van der Waals surface area (Å²) in [6.45, 7) is 3.93. The van der Waals surface area contributed by atoms with E-state index in [1.165, 1.54) is 24.5 Å². The summed E-state index contributed by atoms with van der Waals surface area (Å²) in [5.74, 6) is 1.25. The van der Waals surface area contributed by atoms with Gasteiger partial charge in [0.15, 0.2) is 0 Å². The third kappa shape index (κ3) is 3.39. The molecule has 0 atom stereocenters. The second kappa shape index (κ2) is 7.79. The summed E-state index contributed by atoms with van der Waals surface area (Å²) >= 11 is 1.42. The van der Waals surface area contributed by atoms with Gasteiger partial charge in [-0.3, -0.25) is 9.36 Å². The molecule has 7 nitrogen and oxygen atoms in total. The molecular weight excluding hydrogens is 404 g/mol. The Kier molecular flexibility index (Phi) is 5.17. The minimum absolute atomic E-state index is 0.0907. The van der Waals surface area contributed by atoms with E-state index in [4.69, 9.17) is 9.15 Å². The Morgan fingerprint density at radius 1 is 1.17 bits per heavy atom. The number of rotatable bonds is 5. The lowest BCUT2D eigenvalue weighted by Gasteiger charge is -2.11. The second-order valence-electron chi connectivity index (χ2n) is 6.84. The Morgan fingerprint density at radius 2 is 1.97 bits per heavy atom. The Labute approximate surface area is 176 Å². The number of carbonyl (C=O) groups is 1. The number of methoxy groups -OCH3 is 2. The van der Waals surface area contributed by atoms with E-state index in [9.17, 15) is 9.59 Å². The van der Waals surface area contributed by atoms with Gasteiger partial charge in [0.25, 0.3) is 5.56 Å². The number of carbonyl (C=O) groups excluding carboxylic acids is 1. The number of benzene rings is 1. The highest BCUT2D eigenvalue weighted by atomic mass is 32.1. The topological polar surface area (TPSA) is 83.6 Å². The van der Waals surface area contributed by atoms with Crippen LogP contribution in [0.1, 0.15) is 27.7 Å². The number of hydrogen-bond donors (Lipinski definition) is 0. The molecule has 0 N–H and O–H groups in total. The summed E-state index contributed by atoms with van der Waals surface area (Å²) in [7, 11) is 2.90. The molecule has 3 heterocycles. The van der Waals surface area contributed by atoms with Crippen molar-refractivity contribution in [3.8, 4) is 16.9 Å². The highest BCUT2D eigenvalue weighted by molar-refractivity contribution is 7.17. The largest absolute Gasteiger partial charge is 0.496 e. The van der Waals surface area contributed by atoms with E-state index >= 15 is 0 Å². The van der Waals surface area contributed by atoms with Crippen molar-refractivity contribution in [2.24, 2.45) is 0 Å². The first kappa shape index (κ1) is 19.9. The minimum Gasteiger partial charge on any atom is -0.496 e. The molecule has 8 heteroatoms. The fourth-order valence-corrected chi connectivity index (χ4v) is 4.35. The predicted octanol–water partition coefficient (Wildman–Crippen LogP) is 4.18. The molecule has 1 aromatic carbocycles. The lowest BCUT2D eigenvalue weighted by molar-refractivity contribution is 0.0563. The molecule has 0 aliphatic heterocycles.